The van der Waals surface area contributed by atoms with Crippen LogP contribution < -0.4 is 11.1 Å². The fourth-order valence-electron chi connectivity index (χ4n) is 1.71. The molecule has 0 atom stereocenters. The first-order valence-electron chi connectivity index (χ1n) is 5.73. The number of halogens is 1. The molecule has 1 aromatic heterocycles. The van der Waals surface area contributed by atoms with Gasteiger partial charge in [0.15, 0.2) is 0 Å². The van der Waals surface area contributed by atoms with E-state index in [1.54, 1.807) is 25.1 Å². The van der Waals surface area contributed by atoms with Gasteiger partial charge in [0, 0.05) is 12.6 Å². The number of nitrogen functional groups attached to an aromatic ring is 1. The zero-order valence-corrected chi connectivity index (χ0v) is 10.2. The second-order valence-electron chi connectivity index (χ2n) is 3.99. The molecule has 2 rings (SSSR count). The highest BCUT2D eigenvalue weighted by Crippen LogP contribution is 2.10. The Kier molecular flexibility index (Phi) is 3.72. The van der Waals surface area contributed by atoms with Crippen LogP contribution >= 0.6 is 0 Å². The molecule has 2 aromatic rings. The molecule has 1 heterocycles. The summed E-state index contributed by atoms with van der Waals surface area (Å²) in [6.45, 7) is 2.37. The molecule has 0 saturated carbocycles. The van der Waals surface area contributed by atoms with Gasteiger partial charge in [0.25, 0.3) is 0 Å². The number of hydrogen-bond donors (Lipinski definition) is 2. The number of aryl methyl sites for hydroxylation is 1. The van der Waals surface area contributed by atoms with Crippen molar-refractivity contribution < 1.29 is 4.39 Å². The molecule has 4 nitrogen and oxygen atoms in total. The van der Waals surface area contributed by atoms with E-state index in [1.165, 1.54) is 6.07 Å². The van der Waals surface area contributed by atoms with Gasteiger partial charge in [-0.05, 0) is 25.0 Å². The van der Waals surface area contributed by atoms with E-state index >= 15 is 0 Å². The maximum absolute atomic E-state index is 13.4. The summed E-state index contributed by atoms with van der Waals surface area (Å²) in [5.41, 5.74) is 6.30. The maximum atomic E-state index is 13.4. The van der Waals surface area contributed by atoms with E-state index in [2.05, 4.69) is 15.3 Å². The van der Waals surface area contributed by atoms with Crippen LogP contribution in [0.1, 0.15) is 11.4 Å². The molecule has 0 spiro atoms. The van der Waals surface area contributed by atoms with Crippen molar-refractivity contribution in [2.45, 2.75) is 13.3 Å². The third-order valence-electron chi connectivity index (χ3n) is 2.52. The lowest BCUT2D eigenvalue weighted by Crippen LogP contribution is -2.09. The molecule has 0 fully saturated rings. The zero-order chi connectivity index (χ0) is 13.0. The number of aromatic nitrogens is 2. The molecule has 0 bridgehead atoms. The summed E-state index contributed by atoms with van der Waals surface area (Å²) in [5, 5.41) is 3.10. The van der Waals surface area contributed by atoms with Gasteiger partial charge in [0.1, 0.15) is 23.3 Å². The van der Waals surface area contributed by atoms with Gasteiger partial charge >= 0.3 is 0 Å². The predicted octanol–water partition coefficient (Wildman–Crippen LogP) is 2.16. The second kappa shape index (κ2) is 5.44. The number of rotatable bonds is 4. The van der Waals surface area contributed by atoms with E-state index in [4.69, 9.17) is 5.73 Å². The topological polar surface area (TPSA) is 63.8 Å². The third kappa shape index (κ3) is 3.16. The molecule has 0 amide bonds. The molecule has 0 aliphatic carbocycles. The predicted molar refractivity (Wildman–Crippen MR) is 69.8 cm³/mol. The molecule has 94 valence electrons. The van der Waals surface area contributed by atoms with Crippen LogP contribution in [0.3, 0.4) is 0 Å². The van der Waals surface area contributed by atoms with Crippen LogP contribution in [0.2, 0.25) is 0 Å². The minimum absolute atomic E-state index is 0.183. The van der Waals surface area contributed by atoms with Crippen molar-refractivity contribution in [2.24, 2.45) is 0 Å². The summed E-state index contributed by atoms with van der Waals surface area (Å²) in [4.78, 5) is 8.17. The Labute approximate surface area is 105 Å². The molecular weight excluding hydrogens is 231 g/mol. The largest absolute Gasteiger partial charge is 0.384 e. The fourth-order valence-corrected chi connectivity index (χ4v) is 1.71. The van der Waals surface area contributed by atoms with E-state index in [9.17, 15) is 4.39 Å². The van der Waals surface area contributed by atoms with Gasteiger partial charge in [-0.3, -0.25) is 0 Å². The lowest BCUT2D eigenvalue weighted by Gasteiger charge is -2.07. The van der Waals surface area contributed by atoms with Crippen LogP contribution in [0.4, 0.5) is 16.0 Å². The number of nitrogens with two attached hydrogens (primary N) is 1. The normalized spacial score (nSPS) is 10.3. The first-order chi connectivity index (χ1) is 8.65. The fraction of sp³-hybridized carbons (Fsp3) is 0.231. The number of hydrogen-bond acceptors (Lipinski definition) is 4. The Morgan fingerprint density at radius 3 is 2.78 bits per heavy atom. The van der Waals surface area contributed by atoms with E-state index in [0.717, 1.165) is 0 Å². The lowest BCUT2D eigenvalue weighted by atomic mass is 10.1. The standard InChI is InChI=1S/C13H15FN4/c1-9-17-12(15)8-13(18-9)16-7-6-10-4-2-3-5-11(10)14/h2-5,8H,6-7H2,1H3,(H3,15,16,17,18). The van der Waals surface area contributed by atoms with Crippen LogP contribution in [-0.4, -0.2) is 16.5 Å². The molecular formula is C13H15FN4. The van der Waals surface area contributed by atoms with Crippen molar-refractivity contribution in [3.63, 3.8) is 0 Å². The number of nitrogens with zero attached hydrogens (tertiary/aromatic N) is 2. The van der Waals surface area contributed by atoms with Crippen molar-refractivity contribution in [3.8, 4) is 0 Å². The molecule has 5 heteroatoms. The van der Waals surface area contributed by atoms with Crippen molar-refractivity contribution in [3.05, 3.63) is 47.5 Å². The van der Waals surface area contributed by atoms with E-state index in [-0.39, 0.29) is 5.82 Å². The number of benzene rings is 1. The molecule has 0 saturated heterocycles. The second-order valence-corrected chi connectivity index (χ2v) is 3.99. The Morgan fingerprint density at radius 1 is 1.28 bits per heavy atom. The van der Waals surface area contributed by atoms with Crippen molar-refractivity contribution in [1.82, 2.24) is 9.97 Å². The van der Waals surface area contributed by atoms with Gasteiger partial charge in [0.05, 0.1) is 0 Å². The lowest BCUT2D eigenvalue weighted by molar-refractivity contribution is 0.610. The Bertz CT molecular complexity index is 522. The molecule has 18 heavy (non-hydrogen) atoms. The van der Waals surface area contributed by atoms with Crippen LogP contribution in [0.5, 0.6) is 0 Å². The molecule has 0 radical (unpaired) electrons. The zero-order valence-electron chi connectivity index (χ0n) is 10.2. The van der Waals surface area contributed by atoms with E-state index in [1.807, 2.05) is 6.07 Å². The summed E-state index contributed by atoms with van der Waals surface area (Å²) < 4.78 is 13.4. The highest BCUT2D eigenvalue weighted by atomic mass is 19.1. The summed E-state index contributed by atoms with van der Waals surface area (Å²) in [6.07, 6.45) is 0.593. The first kappa shape index (κ1) is 12.3. The van der Waals surface area contributed by atoms with Crippen molar-refractivity contribution in [1.29, 1.82) is 0 Å². The van der Waals surface area contributed by atoms with Gasteiger partial charge in [0.2, 0.25) is 0 Å². The number of anilines is 2. The smallest absolute Gasteiger partial charge is 0.131 e. The first-order valence-corrected chi connectivity index (χ1v) is 5.73. The third-order valence-corrected chi connectivity index (χ3v) is 2.52. The van der Waals surface area contributed by atoms with Gasteiger partial charge in [-0.2, -0.15) is 0 Å². The summed E-state index contributed by atoms with van der Waals surface area (Å²) in [6, 6.07) is 8.40. The van der Waals surface area contributed by atoms with Crippen LogP contribution in [-0.2, 0) is 6.42 Å². The maximum Gasteiger partial charge on any atom is 0.131 e. The Balaban J connectivity index is 1.94. The van der Waals surface area contributed by atoms with Crippen LogP contribution in [0.15, 0.2) is 30.3 Å². The molecule has 0 aliphatic rings. The Morgan fingerprint density at radius 2 is 2.06 bits per heavy atom. The molecule has 1 aromatic carbocycles. The van der Waals surface area contributed by atoms with Crippen LogP contribution in [0.25, 0.3) is 0 Å². The summed E-state index contributed by atoms with van der Waals surface area (Å²) >= 11 is 0. The SMILES string of the molecule is Cc1nc(N)cc(NCCc2ccccc2F)n1. The highest BCUT2D eigenvalue weighted by Gasteiger charge is 2.02. The van der Waals surface area contributed by atoms with Gasteiger partial charge in [-0.1, -0.05) is 18.2 Å². The molecule has 3 N–H and O–H groups in total. The highest BCUT2D eigenvalue weighted by molar-refractivity contribution is 5.44. The minimum atomic E-state index is -0.183. The van der Waals surface area contributed by atoms with E-state index in [0.29, 0.717) is 36.0 Å². The van der Waals surface area contributed by atoms with Crippen molar-refractivity contribution in [2.75, 3.05) is 17.6 Å². The van der Waals surface area contributed by atoms with Gasteiger partial charge in [-0.25, -0.2) is 14.4 Å². The summed E-state index contributed by atoms with van der Waals surface area (Å²) in [7, 11) is 0. The molecule has 0 aliphatic heterocycles. The average Bonchev–Trinajstić information content (AvgIpc) is 2.30. The number of nitrogens with one attached hydrogen (secondary N) is 1. The average molecular weight is 246 g/mol. The van der Waals surface area contributed by atoms with Gasteiger partial charge < -0.3 is 11.1 Å². The summed E-state index contributed by atoms with van der Waals surface area (Å²) in [5.74, 6) is 1.52. The van der Waals surface area contributed by atoms with Crippen LogP contribution in [0, 0.1) is 12.7 Å². The molecule has 0 unspecified atom stereocenters. The monoisotopic (exact) mass is 246 g/mol. The van der Waals surface area contributed by atoms with Crippen molar-refractivity contribution >= 4 is 11.6 Å². The van der Waals surface area contributed by atoms with E-state index < -0.39 is 0 Å². The minimum Gasteiger partial charge on any atom is -0.384 e. The van der Waals surface area contributed by atoms with Gasteiger partial charge in [-0.15, -0.1) is 0 Å². The Hall–Kier alpha value is -2.17. The quantitative estimate of drug-likeness (QED) is 0.867.